The third-order valence-electron chi connectivity index (χ3n) is 12.6. The van der Waals surface area contributed by atoms with E-state index in [2.05, 4.69) is 54.5 Å². The van der Waals surface area contributed by atoms with Crippen molar-refractivity contribution < 1.29 is 23.9 Å². The first kappa shape index (κ1) is 30.9. The lowest BCUT2D eigenvalue weighted by molar-refractivity contribution is -0.163. The maximum atomic E-state index is 13.5. The van der Waals surface area contributed by atoms with Gasteiger partial charge in [0, 0.05) is 10.8 Å². The first-order chi connectivity index (χ1) is 18.2. The molecule has 0 aromatic heterocycles. The fraction of sp³-hybridized carbons (Fsp3) is 0.824. The average molecular weight is 554 g/mol. The number of allylic oxidation sites excluding steroid dienone is 1. The van der Waals surface area contributed by atoms with Crippen LogP contribution in [0.2, 0.25) is 0 Å². The van der Waals surface area contributed by atoms with Crippen LogP contribution in [-0.2, 0) is 23.9 Å². The van der Waals surface area contributed by atoms with Gasteiger partial charge < -0.3 is 9.47 Å². The Balaban J connectivity index is 1.75. The molecule has 4 rings (SSSR count). The van der Waals surface area contributed by atoms with Crippen LogP contribution in [0.4, 0.5) is 0 Å². The molecule has 1 heterocycles. The summed E-state index contributed by atoms with van der Waals surface area (Å²) in [6, 6.07) is 2.23. The van der Waals surface area contributed by atoms with Gasteiger partial charge in [-0.1, -0.05) is 67.9 Å². The Morgan fingerprint density at radius 2 is 1.75 bits per heavy atom. The van der Waals surface area contributed by atoms with Crippen LogP contribution in [-0.4, -0.2) is 36.4 Å². The minimum atomic E-state index is -1.44. The van der Waals surface area contributed by atoms with Crippen molar-refractivity contribution in [2.45, 2.75) is 126 Å². The van der Waals surface area contributed by atoms with E-state index in [-0.39, 0.29) is 40.2 Å². The highest BCUT2D eigenvalue weighted by molar-refractivity contribution is 6.00. The molecule has 0 aromatic rings. The van der Waals surface area contributed by atoms with Gasteiger partial charge in [0.05, 0.1) is 12.5 Å². The number of carbonyl (C=O) groups is 3. The van der Waals surface area contributed by atoms with Crippen LogP contribution in [0.3, 0.4) is 0 Å². The molecule has 0 radical (unpaired) electrons. The van der Waals surface area contributed by atoms with Crippen LogP contribution in [0.5, 0.6) is 0 Å². The van der Waals surface area contributed by atoms with Gasteiger partial charge in [0.1, 0.15) is 12.2 Å². The van der Waals surface area contributed by atoms with E-state index in [1.807, 2.05) is 13.8 Å². The summed E-state index contributed by atoms with van der Waals surface area (Å²) in [5.74, 6) is -0.114. The van der Waals surface area contributed by atoms with Crippen LogP contribution in [0, 0.1) is 55.7 Å². The SMILES string of the molecule is COC(=O)[C@]1(CCC(C)(C)[C@]2(C)CC[C@H]3C(C)(C)C(=O)[C@@]4(C#N)O[C@H]4[C@]3(C)/C2=C/C(C)=O)CCC(C)(C)CC1C. The average Bonchev–Trinajstić information content (AvgIpc) is 3.61. The first-order valence-corrected chi connectivity index (χ1v) is 15.2. The molecule has 4 fully saturated rings. The third-order valence-corrected chi connectivity index (χ3v) is 12.6. The molecule has 40 heavy (non-hydrogen) atoms. The smallest absolute Gasteiger partial charge is 0.312 e. The van der Waals surface area contributed by atoms with Gasteiger partial charge in [0.15, 0.2) is 11.6 Å². The van der Waals surface area contributed by atoms with Crippen LogP contribution in [0.15, 0.2) is 11.6 Å². The molecule has 222 valence electrons. The van der Waals surface area contributed by atoms with Crippen molar-refractivity contribution in [1.29, 1.82) is 5.26 Å². The molecule has 0 aromatic carbocycles. The number of Topliss-reactive ketones (excluding diaryl/α,β-unsaturated/α-hetero) is 1. The van der Waals surface area contributed by atoms with Crippen LogP contribution in [0.25, 0.3) is 0 Å². The quantitative estimate of drug-likeness (QED) is 0.199. The van der Waals surface area contributed by atoms with Gasteiger partial charge in [0.2, 0.25) is 5.60 Å². The molecule has 1 aliphatic heterocycles. The lowest BCUT2D eigenvalue weighted by Crippen LogP contribution is -2.62. The molecule has 3 saturated carbocycles. The van der Waals surface area contributed by atoms with Crippen LogP contribution in [0.1, 0.15) is 114 Å². The number of ketones is 2. The number of methoxy groups -OCH3 is 1. The van der Waals surface area contributed by atoms with Gasteiger partial charge in [-0.15, -0.1) is 0 Å². The number of hydrogen-bond acceptors (Lipinski definition) is 6. The van der Waals surface area contributed by atoms with Crippen molar-refractivity contribution in [3.63, 3.8) is 0 Å². The maximum Gasteiger partial charge on any atom is 0.312 e. The number of carbonyl (C=O) groups excluding carboxylic acids is 3. The van der Waals surface area contributed by atoms with Gasteiger partial charge in [0.25, 0.3) is 0 Å². The van der Waals surface area contributed by atoms with E-state index in [1.165, 1.54) is 7.11 Å². The molecule has 3 aliphatic carbocycles. The van der Waals surface area contributed by atoms with Crippen molar-refractivity contribution in [3.8, 4) is 6.07 Å². The van der Waals surface area contributed by atoms with E-state index in [9.17, 15) is 19.6 Å². The summed E-state index contributed by atoms with van der Waals surface area (Å²) in [5.41, 5.74) is -2.84. The van der Waals surface area contributed by atoms with Crippen molar-refractivity contribution in [2.75, 3.05) is 7.11 Å². The Kier molecular flexibility index (Phi) is 7.16. The second kappa shape index (κ2) is 9.25. The summed E-state index contributed by atoms with van der Waals surface area (Å²) in [6.45, 7) is 21.1. The molecule has 1 unspecified atom stereocenters. The Labute approximate surface area is 241 Å². The topological polar surface area (TPSA) is 96.8 Å². The standard InChI is InChI=1S/C34H51NO5/c1-21-19-28(3,4)14-16-33(21,27(38)39-11)17-15-29(5,6)31(9)13-12-23-30(7,8)25(37)34(20-35)26(40-34)32(23,10)24(31)18-22(2)36/h18,21,23,26H,12-17,19H2,1-11H3/b24-18+/t21?,23-,26-,31+,32-,33-,34+/m0/s1. The number of epoxide rings is 1. The molecular formula is C34H51NO5. The van der Waals surface area contributed by atoms with Crippen molar-refractivity contribution in [2.24, 2.45) is 44.3 Å². The fourth-order valence-corrected chi connectivity index (χ4v) is 9.67. The minimum absolute atomic E-state index is 0.0361. The zero-order chi connectivity index (χ0) is 30.3. The zero-order valence-electron chi connectivity index (χ0n) is 26.7. The molecule has 0 N–H and O–H groups in total. The summed E-state index contributed by atoms with van der Waals surface area (Å²) in [6.07, 6.45) is 7.13. The minimum Gasteiger partial charge on any atom is -0.469 e. The van der Waals surface area contributed by atoms with Crippen molar-refractivity contribution >= 4 is 17.5 Å². The van der Waals surface area contributed by atoms with E-state index >= 15 is 0 Å². The molecule has 7 atom stereocenters. The number of fused-ring (bicyclic) bond motifs is 3. The van der Waals surface area contributed by atoms with Crippen LogP contribution >= 0.6 is 0 Å². The van der Waals surface area contributed by atoms with E-state index in [4.69, 9.17) is 9.47 Å². The summed E-state index contributed by atoms with van der Waals surface area (Å²) in [7, 11) is 1.50. The monoisotopic (exact) mass is 553 g/mol. The van der Waals surface area contributed by atoms with Gasteiger partial charge in [-0.05, 0) is 86.0 Å². The van der Waals surface area contributed by atoms with E-state index in [1.54, 1.807) is 13.0 Å². The molecule has 6 nitrogen and oxygen atoms in total. The number of hydrogen-bond donors (Lipinski definition) is 0. The third kappa shape index (κ3) is 4.08. The summed E-state index contributed by atoms with van der Waals surface area (Å²) in [5, 5.41) is 10.1. The molecule has 0 amide bonds. The van der Waals surface area contributed by atoms with Crippen LogP contribution < -0.4 is 0 Å². The Bertz CT molecular complexity index is 1190. The molecule has 1 saturated heterocycles. The highest BCUT2D eigenvalue weighted by Crippen LogP contribution is 2.73. The molecule has 4 aliphatic rings. The largest absolute Gasteiger partial charge is 0.469 e. The molecule has 6 heteroatoms. The Hall–Kier alpha value is -2.00. The zero-order valence-corrected chi connectivity index (χ0v) is 26.7. The van der Waals surface area contributed by atoms with E-state index < -0.39 is 33.4 Å². The predicted octanol–water partition coefficient (Wildman–Crippen LogP) is 7.01. The summed E-state index contributed by atoms with van der Waals surface area (Å²) >= 11 is 0. The van der Waals surface area contributed by atoms with Crippen molar-refractivity contribution in [1.82, 2.24) is 0 Å². The summed E-state index contributed by atoms with van der Waals surface area (Å²) in [4.78, 5) is 39.7. The van der Waals surface area contributed by atoms with Gasteiger partial charge >= 0.3 is 5.97 Å². The molecule has 0 spiro atoms. The number of esters is 1. The summed E-state index contributed by atoms with van der Waals surface area (Å²) < 4.78 is 11.5. The second-order valence-electron chi connectivity index (χ2n) is 16.1. The van der Waals surface area contributed by atoms with Gasteiger partial charge in [-0.25, -0.2) is 0 Å². The lowest BCUT2D eigenvalue weighted by Gasteiger charge is -2.62. The predicted molar refractivity (Wildman–Crippen MR) is 154 cm³/mol. The van der Waals surface area contributed by atoms with Crippen molar-refractivity contribution in [3.05, 3.63) is 11.6 Å². The lowest BCUT2D eigenvalue weighted by atomic mass is 9.40. The fourth-order valence-electron chi connectivity index (χ4n) is 9.67. The first-order valence-electron chi connectivity index (χ1n) is 15.2. The highest BCUT2D eigenvalue weighted by atomic mass is 16.6. The maximum absolute atomic E-state index is 13.5. The Morgan fingerprint density at radius 1 is 1.12 bits per heavy atom. The Morgan fingerprint density at radius 3 is 2.27 bits per heavy atom. The van der Waals surface area contributed by atoms with E-state index in [0.29, 0.717) is 0 Å². The molecular weight excluding hydrogens is 502 g/mol. The van der Waals surface area contributed by atoms with Gasteiger partial charge in [-0.2, -0.15) is 5.26 Å². The number of rotatable bonds is 6. The number of nitrogens with zero attached hydrogens (tertiary/aromatic N) is 1. The highest BCUT2D eigenvalue weighted by Gasteiger charge is 2.81. The van der Waals surface area contributed by atoms with Gasteiger partial charge in [-0.3, -0.25) is 14.4 Å². The molecule has 0 bridgehead atoms. The van der Waals surface area contributed by atoms with E-state index in [0.717, 1.165) is 50.5 Å². The number of ether oxygens (including phenoxy) is 2. The number of nitriles is 1. The second-order valence-corrected chi connectivity index (χ2v) is 16.1. The normalized spacial score (nSPS) is 42.8.